The number of amides is 1. The third-order valence-electron chi connectivity index (χ3n) is 4.62. The van der Waals surface area contributed by atoms with E-state index in [-0.39, 0.29) is 12.5 Å². The van der Waals surface area contributed by atoms with Crippen molar-refractivity contribution in [1.29, 1.82) is 0 Å². The van der Waals surface area contributed by atoms with Crippen LogP contribution in [0.5, 0.6) is 0 Å². The summed E-state index contributed by atoms with van der Waals surface area (Å²) in [6.45, 7) is 5.26. The van der Waals surface area contributed by atoms with E-state index in [4.69, 9.17) is 5.11 Å². The molecule has 1 aliphatic carbocycles. The second kappa shape index (κ2) is 7.07. The Morgan fingerprint density at radius 2 is 1.75 bits per heavy atom. The highest BCUT2D eigenvalue weighted by Gasteiger charge is 2.29. The first kappa shape index (κ1) is 15.3. The van der Waals surface area contributed by atoms with Crippen molar-refractivity contribution in [1.82, 2.24) is 9.80 Å². The smallest absolute Gasteiger partial charge is 0.317 e. The van der Waals surface area contributed by atoms with Crippen molar-refractivity contribution < 1.29 is 14.7 Å². The molecule has 20 heavy (non-hydrogen) atoms. The van der Waals surface area contributed by atoms with Crippen LogP contribution in [0.4, 0.5) is 0 Å². The number of rotatable bonds is 3. The third-order valence-corrected chi connectivity index (χ3v) is 4.62. The summed E-state index contributed by atoms with van der Waals surface area (Å²) >= 11 is 0. The Morgan fingerprint density at radius 3 is 2.40 bits per heavy atom. The lowest BCUT2D eigenvalue weighted by molar-refractivity contribution is -0.138. The lowest BCUT2D eigenvalue weighted by Crippen LogP contribution is -2.40. The van der Waals surface area contributed by atoms with Crippen molar-refractivity contribution in [2.45, 2.75) is 39.0 Å². The molecule has 1 amide bonds. The fraction of sp³-hybridized carbons (Fsp3) is 0.867. The van der Waals surface area contributed by atoms with Crippen molar-refractivity contribution in [3.8, 4) is 0 Å². The Balaban J connectivity index is 1.83. The van der Waals surface area contributed by atoms with Gasteiger partial charge in [0.15, 0.2) is 0 Å². The summed E-state index contributed by atoms with van der Waals surface area (Å²) in [6.07, 6.45) is 5.25. The van der Waals surface area contributed by atoms with E-state index in [0.717, 1.165) is 51.1 Å². The van der Waals surface area contributed by atoms with Crippen LogP contribution in [-0.2, 0) is 9.59 Å². The summed E-state index contributed by atoms with van der Waals surface area (Å²) < 4.78 is 0. The van der Waals surface area contributed by atoms with Crippen LogP contribution in [0.3, 0.4) is 0 Å². The first-order chi connectivity index (χ1) is 9.56. The Hall–Kier alpha value is -1.10. The largest absolute Gasteiger partial charge is 0.480 e. The molecule has 0 aromatic rings. The van der Waals surface area contributed by atoms with Gasteiger partial charge in [0.05, 0.1) is 6.54 Å². The maximum atomic E-state index is 12.5. The van der Waals surface area contributed by atoms with Crippen molar-refractivity contribution >= 4 is 11.9 Å². The molecule has 0 aromatic carbocycles. The zero-order chi connectivity index (χ0) is 14.5. The fourth-order valence-electron chi connectivity index (χ4n) is 3.31. The minimum atomic E-state index is -0.786. The molecule has 1 heterocycles. The molecule has 5 heteroatoms. The molecule has 2 fully saturated rings. The van der Waals surface area contributed by atoms with E-state index in [1.54, 1.807) is 0 Å². The Bertz CT molecular complexity index is 351. The van der Waals surface area contributed by atoms with E-state index >= 15 is 0 Å². The first-order valence-electron chi connectivity index (χ1n) is 7.79. The normalized spacial score (nSPS) is 28.9. The molecule has 0 radical (unpaired) electrons. The van der Waals surface area contributed by atoms with Crippen LogP contribution >= 0.6 is 0 Å². The standard InChI is InChI=1S/C15H26N2O3/c1-12-3-5-13(6-4-12)15(20)17-8-2-7-16(9-10-17)11-14(18)19/h12-13H,2-11H2,1H3,(H,18,19). The van der Waals surface area contributed by atoms with Crippen LogP contribution in [0.25, 0.3) is 0 Å². The van der Waals surface area contributed by atoms with Gasteiger partial charge in [-0.1, -0.05) is 6.92 Å². The molecule has 1 saturated carbocycles. The van der Waals surface area contributed by atoms with Crippen LogP contribution in [0.2, 0.25) is 0 Å². The summed E-state index contributed by atoms with van der Waals surface area (Å²) in [6, 6.07) is 0. The second-order valence-corrected chi connectivity index (χ2v) is 6.31. The van der Waals surface area contributed by atoms with E-state index < -0.39 is 5.97 Å². The molecule has 1 N–H and O–H groups in total. The van der Waals surface area contributed by atoms with Crippen LogP contribution in [0, 0.1) is 11.8 Å². The van der Waals surface area contributed by atoms with Gasteiger partial charge >= 0.3 is 5.97 Å². The van der Waals surface area contributed by atoms with Gasteiger partial charge in [0, 0.05) is 32.1 Å². The van der Waals surface area contributed by atoms with Crippen LogP contribution < -0.4 is 0 Å². The minimum Gasteiger partial charge on any atom is -0.480 e. The second-order valence-electron chi connectivity index (χ2n) is 6.31. The number of carbonyl (C=O) groups excluding carboxylic acids is 1. The molecule has 114 valence electrons. The summed E-state index contributed by atoms with van der Waals surface area (Å²) in [5.41, 5.74) is 0. The molecule has 1 aliphatic heterocycles. The number of hydrogen-bond donors (Lipinski definition) is 1. The quantitative estimate of drug-likeness (QED) is 0.850. The average Bonchev–Trinajstić information content (AvgIpc) is 2.64. The molecular weight excluding hydrogens is 256 g/mol. The van der Waals surface area contributed by atoms with E-state index in [1.807, 2.05) is 9.80 Å². The average molecular weight is 282 g/mol. The summed E-state index contributed by atoms with van der Waals surface area (Å²) in [4.78, 5) is 27.2. The highest BCUT2D eigenvalue weighted by Crippen LogP contribution is 2.29. The molecule has 2 aliphatic rings. The molecule has 0 bridgehead atoms. The highest BCUT2D eigenvalue weighted by atomic mass is 16.4. The SMILES string of the molecule is CC1CCC(C(=O)N2CCCN(CC(=O)O)CC2)CC1. The number of aliphatic carboxylic acids is 1. The maximum absolute atomic E-state index is 12.5. The van der Waals surface area contributed by atoms with Crippen molar-refractivity contribution in [3.05, 3.63) is 0 Å². The number of hydrogen-bond acceptors (Lipinski definition) is 3. The maximum Gasteiger partial charge on any atom is 0.317 e. The van der Waals surface area contributed by atoms with E-state index in [2.05, 4.69) is 6.92 Å². The summed E-state index contributed by atoms with van der Waals surface area (Å²) in [5.74, 6) is 0.478. The molecule has 0 aromatic heterocycles. The molecule has 0 atom stereocenters. The Labute approximate surface area is 120 Å². The summed E-state index contributed by atoms with van der Waals surface area (Å²) in [7, 11) is 0. The molecule has 1 saturated heterocycles. The van der Waals surface area contributed by atoms with Gasteiger partial charge in [-0.3, -0.25) is 14.5 Å². The van der Waals surface area contributed by atoms with Gasteiger partial charge in [0.2, 0.25) is 5.91 Å². The van der Waals surface area contributed by atoms with Gasteiger partial charge in [-0.25, -0.2) is 0 Å². The number of carboxylic acids is 1. The van der Waals surface area contributed by atoms with Gasteiger partial charge in [0.25, 0.3) is 0 Å². The van der Waals surface area contributed by atoms with Gasteiger partial charge < -0.3 is 10.0 Å². The van der Waals surface area contributed by atoms with Gasteiger partial charge in [-0.2, -0.15) is 0 Å². The van der Waals surface area contributed by atoms with E-state index in [9.17, 15) is 9.59 Å². The van der Waals surface area contributed by atoms with Crippen molar-refractivity contribution in [2.24, 2.45) is 11.8 Å². The summed E-state index contributed by atoms with van der Waals surface area (Å²) in [5, 5.41) is 8.84. The lowest BCUT2D eigenvalue weighted by Gasteiger charge is -2.30. The Morgan fingerprint density at radius 1 is 1.05 bits per heavy atom. The van der Waals surface area contributed by atoms with Gasteiger partial charge in [0.1, 0.15) is 0 Å². The monoisotopic (exact) mass is 282 g/mol. The lowest BCUT2D eigenvalue weighted by atomic mass is 9.82. The van der Waals surface area contributed by atoms with Gasteiger partial charge in [-0.15, -0.1) is 0 Å². The van der Waals surface area contributed by atoms with Crippen molar-refractivity contribution in [3.63, 3.8) is 0 Å². The predicted octanol–water partition coefficient (Wildman–Crippen LogP) is 1.43. The first-order valence-corrected chi connectivity index (χ1v) is 7.79. The van der Waals surface area contributed by atoms with Crippen LogP contribution in [-0.4, -0.2) is 59.5 Å². The van der Waals surface area contributed by atoms with Crippen LogP contribution in [0.15, 0.2) is 0 Å². The molecule has 2 rings (SSSR count). The van der Waals surface area contributed by atoms with E-state index in [1.165, 1.54) is 0 Å². The Kier molecular flexibility index (Phi) is 5.40. The van der Waals surface area contributed by atoms with Crippen molar-refractivity contribution in [2.75, 3.05) is 32.7 Å². The molecule has 0 unspecified atom stereocenters. The number of nitrogens with zero attached hydrogens (tertiary/aromatic N) is 2. The van der Waals surface area contributed by atoms with Crippen LogP contribution in [0.1, 0.15) is 39.0 Å². The minimum absolute atomic E-state index is 0.0863. The van der Waals surface area contributed by atoms with E-state index in [0.29, 0.717) is 19.0 Å². The molecular formula is C15H26N2O3. The predicted molar refractivity (Wildman–Crippen MR) is 76.4 cm³/mol. The number of carbonyl (C=O) groups is 2. The molecule has 5 nitrogen and oxygen atoms in total. The zero-order valence-electron chi connectivity index (χ0n) is 12.4. The highest BCUT2D eigenvalue weighted by molar-refractivity contribution is 5.79. The number of carboxylic acid groups (broad SMARTS) is 1. The topological polar surface area (TPSA) is 60.9 Å². The van der Waals surface area contributed by atoms with Gasteiger partial charge in [-0.05, 0) is 38.0 Å². The zero-order valence-corrected chi connectivity index (χ0v) is 12.4. The third kappa shape index (κ3) is 4.20. The molecule has 0 spiro atoms. The fourth-order valence-corrected chi connectivity index (χ4v) is 3.31.